The van der Waals surface area contributed by atoms with Crippen molar-refractivity contribution in [3.63, 3.8) is 0 Å². The number of hydrogen-bond donors (Lipinski definition) is 1. The number of fused-ring (bicyclic) bond motifs is 1. The van der Waals surface area contributed by atoms with E-state index in [2.05, 4.69) is 6.08 Å². The van der Waals surface area contributed by atoms with E-state index in [1.807, 2.05) is 45.0 Å². The van der Waals surface area contributed by atoms with Crippen molar-refractivity contribution < 1.29 is 24.3 Å². The number of benzene rings is 1. The highest BCUT2D eigenvalue weighted by Gasteiger charge is 2.65. The van der Waals surface area contributed by atoms with Crippen molar-refractivity contribution in [1.82, 2.24) is 0 Å². The van der Waals surface area contributed by atoms with Gasteiger partial charge in [-0.3, -0.25) is 14.9 Å². The second-order valence-electron chi connectivity index (χ2n) is 9.72. The first kappa shape index (κ1) is 22.3. The van der Waals surface area contributed by atoms with E-state index in [-0.39, 0.29) is 23.3 Å². The summed E-state index contributed by atoms with van der Waals surface area (Å²) in [5, 5.41) is 21.4. The first-order chi connectivity index (χ1) is 14.1. The summed E-state index contributed by atoms with van der Waals surface area (Å²) in [6, 6.07) is 7.68. The first-order valence-electron chi connectivity index (χ1n) is 10.3. The Morgan fingerprint density at radius 1 is 1.30 bits per heavy atom. The van der Waals surface area contributed by atoms with Gasteiger partial charge in [0.05, 0.1) is 31.7 Å². The number of aliphatic carboxylic acids is 1. The third-order valence-electron chi connectivity index (χ3n) is 6.58. The number of carboxylic acid groups (broad SMARTS) is 1. The van der Waals surface area contributed by atoms with Crippen LogP contribution in [0.2, 0.25) is 0 Å². The van der Waals surface area contributed by atoms with Crippen LogP contribution in [0.1, 0.15) is 39.2 Å². The third kappa shape index (κ3) is 4.36. The zero-order chi connectivity index (χ0) is 22.1. The minimum absolute atomic E-state index is 0.0807. The normalized spacial score (nSPS) is 26.3. The van der Waals surface area contributed by atoms with E-state index < -0.39 is 22.7 Å². The molecule has 0 aromatic heterocycles. The van der Waals surface area contributed by atoms with Gasteiger partial charge in [-0.25, -0.2) is 0 Å². The number of carboxylic acids is 1. The maximum Gasteiger partial charge on any atom is 0.307 e. The van der Waals surface area contributed by atoms with Crippen LogP contribution in [0.5, 0.6) is 5.75 Å². The fraction of sp³-hybridized carbons (Fsp3) is 0.609. The Hall–Kier alpha value is -2.41. The van der Waals surface area contributed by atoms with Gasteiger partial charge in [-0.05, 0) is 53.4 Å². The van der Waals surface area contributed by atoms with Gasteiger partial charge in [-0.2, -0.15) is 0 Å². The van der Waals surface area contributed by atoms with E-state index in [9.17, 15) is 20.0 Å². The van der Waals surface area contributed by atoms with Crippen molar-refractivity contribution in [3.8, 4) is 5.75 Å². The van der Waals surface area contributed by atoms with Gasteiger partial charge in [0.1, 0.15) is 5.75 Å². The van der Waals surface area contributed by atoms with E-state index in [0.29, 0.717) is 19.6 Å². The molecular formula is C23H31NO6. The molecule has 30 heavy (non-hydrogen) atoms. The molecular weight excluding hydrogens is 386 g/mol. The van der Waals surface area contributed by atoms with Crippen LogP contribution in [0.25, 0.3) is 0 Å². The standard InChI is InChI=1S/C23H31NO6/c1-22(2,3)20(21(25)26)23(14-24(27)28)11-17-9-16(10-19(17)23)13-30-12-15-5-7-18(29-4)8-6-15/h5-8,10,17,19-20H,9,11-14H2,1-4H3,(H,25,26)/t17-,19-,20?,23+/m0/s1. The molecule has 1 unspecified atom stereocenters. The Bertz CT molecular complexity index is 825. The van der Waals surface area contributed by atoms with Crippen LogP contribution in [0, 0.1) is 38.7 Å². The number of nitro groups is 1. The van der Waals surface area contributed by atoms with Gasteiger partial charge in [0.25, 0.3) is 0 Å². The zero-order valence-electron chi connectivity index (χ0n) is 18.1. The molecule has 1 aromatic rings. The van der Waals surface area contributed by atoms with Crippen molar-refractivity contribution in [2.75, 3.05) is 20.3 Å². The van der Waals surface area contributed by atoms with Gasteiger partial charge in [-0.1, -0.05) is 39.0 Å². The minimum Gasteiger partial charge on any atom is -0.497 e. The lowest BCUT2D eigenvalue weighted by Gasteiger charge is -2.55. The first-order valence-corrected chi connectivity index (χ1v) is 10.3. The summed E-state index contributed by atoms with van der Waals surface area (Å²) in [6.07, 6.45) is 3.46. The van der Waals surface area contributed by atoms with Gasteiger partial charge in [0, 0.05) is 4.92 Å². The van der Waals surface area contributed by atoms with E-state index >= 15 is 0 Å². The average molecular weight is 418 g/mol. The van der Waals surface area contributed by atoms with Crippen molar-refractivity contribution >= 4 is 5.97 Å². The lowest BCUT2D eigenvalue weighted by Crippen LogP contribution is -2.59. The van der Waals surface area contributed by atoms with E-state index in [0.717, 1.165) is 23.3 Å². The van der Waals surface area contributed by atoms with Gasteiger partial charge < -0.3 is 14.6 Å². The predicted octanol–water partition coefficient (Wildman–Crippen LogP) is 4.19. The summed E-state index contributed by atoms with van der Waals surface area (Å²) in [5.74, 6) is -0.729. The number of methoxy groups -OCH3 is 1. The smallest absolute Gasteiger partial charge is 0.307 e. The molecule has 4 atom stereocenters. The highest BCUT2D eigenvalue weighted by molar-refractivity contribution is 5.72. The summed E-state index contributed by atoms with van der Waals surface area (Å²) < 4.78 is 11.0. The van der Waals surface area contributed by atoms with Crippen molar-refractivity contribution in [2.24, 2.45) is 28.6 Å². The molecule has 0 saturated heterocycles. The lowest BCUT2D eigenvalue weighted by atomic mass is 9.46. The van der Waals surface area contributed by atoms with Crippen molar-refractivity contribution in [3.05, 3.63) is 51.6 Å². The molecule has 0 amide bonds. The highest BCUT2D eigenvalue weighted by atomic mass is 16.6. The molecule has 0 aliphatic heterocycles. The molecule has 1 N–H and O–H groups in total. The molecule has 3 rings (SSSR count). The number of hydrogen-bond acceptors (Lipinski definition) is 5. The summed E-state index contributed by atoms with van der Waals surface area (Å²) in [4.78, 5) is 23.3. The number of nitrogens with zero attached hydrogens (tertiary/aromatic N) is 1. The summed E-state index contributed by atoms with van der Waals surface area (Å²) in [5.41, 5.74) is 0.755. The lowest BCUT2D eigenvalue weighted by molar-refractivity contribution is -0.510. The average Bonchev–Trinajstić information content (AvgIpc) is 2.97. The Kier molecular flexibility index (Phi) is 6.22. The van der Waals surface area contributed by atoms with Crippen LogP contribution in [-0.2, 0) is 16.1 Å². The molecule has 7 heteroatoms. The largest absolute Gasteiger partial charge is 0.497 e. The molecule has 1 aromatic carbocycles. The molecule has 164 valence electrons. The Morgan fingerprint density at radius 2 is 1.97 bits per heavy atom. The SMILES string of the molecule is COc1ccc(COCC2=C[C@H]3[C@@H](C2)C[C@]3(C[N+](=O)[O-])C(C(=O)O)C(C)(C)C)cc1. The molecule has 0 heterocycles. The Labute approximate surface area is 177 Å². The van der Waals surface area contributed by atoms with Gasteiger partial charge >= 0.3 is 5.97 Å². The van der Waals surface area contributed by atoms with Crippen LogP contribution in [0.15, 0.2) is 35.9 Å². The van der Waals surface area contributed by atoms with Crippen LogP contribution < -0.4 is 4.74 Å². The fourth-order valence-corrected chi connectivity index (χ4v) is 5.64. The molecule has 1 saturated carbocycles. The summed E-state index contributed by atoms with van der Waals surface area (Å²) in [6.45, 7) is 6.20. The van der Waals surface area contributed by atoms with Crippen LogP contribution in [-0.4, -0.2) is 36.3 Å². The molecule has 2 aliphatic rings. The summed E-state index contributed by atoms with van der Waals surface area (Å²) >= 11 is 0. The monoisotopic (exact) mass is 417 g/mol. The van der Waals surface area contributed by atoms with Gasteiger partial charge in [-0.15, -0.1) is 0 Å². The Morgan fingerprint density at radius 3 is 2.50 bits per heavy atom. The predicted molar refractivity (Wildman–Crippen MR) is 112 cm³/mol. The van der Waals surface area contributed by atoms with Crippen molar-refractivity contribution in [2.45, 2.75) is 40.2 Å². The van der Waals surface area contributed by atoms with E-state index in [4.69, 9.17) is 9.47 Å². The van der Waals surface area contributed by atoms with Crippen LogP contribution in [0.4, 0.5) is 0 Å². The number of carbonyl (C=O) groups is 1. The molecule has 0 bridgehead atoms. The highest BCUT2D eigenvalue weighted by Crippen LogP contribution is 2.64. The van der Waals surface area contributed by atoms with Crippen LogP contribution >= 0.6 is 0 Å². The molecule has 1 fully saturated rings. The van der Waals surface area contributed by atoms with E-state index in [1.54, 1.807) is 7.11 Å². The van der Waals surface area contributed by atoms with Gasteiger partial charge in [0.15, 0.2) is 0 Å². The Balaban J connectivity index is 1.70. The topological polar surface area (TPSA) is 98.9 Å². The van der Waals surface area contributed by atoms with Crippen molar-refractivity contribution in [1.29, 1.82) is 0 Å². The van der Waals surface area contributed by atoms with Crippen LogP contribution in [0.3, 0.4) is 0 Å². The molecule has 2 aliphatic carbocycles. The second-order valence-corrected chi connectivity index (χ2v) is 9.72. The molecule has 0 radical (unpaired) electrons. The minimum atomic E-state index is -0.944. The second kappa shape index (κ2) is 8.38. The van der Waals surface area contributed by atoms with E-state index in [1.165, 1.54) is 0 Å². The third-order valence-corrected chi connectivity index (χ3v) is 6.58. The molecule has 0 spiro atoms. The van der Waals surface area contributed by atoms with Gasteiger partial charge in [0.2, 0.25) is 6.54 Å². The number of ether oxygens (including phenoxy) is 2. The maximum atomic E-state index is 12.1. The number of rotatable bonds is 9. The fourth-order valence-electron chi connectivity index (χ4n) is 5.64. The quantitative estimate of drug-likeness (QED) is 0.367. The molecule has 7 nitrogen and oxygen atoms in total. The number of allylic oxidation sites excluding steroid dienone is 1. The zero-order valence-corrected chi connectivity index (χ0v) is 18.1. The summed E-state index contributed by atoms with van der Waals surface area (Å²) in [7, 11) is 1.62. The maximum absolute atomic E-state index is 12.1.